The molecule has 1 unspecified atom stereocenters. The van der Waals surface area contributed by atoms with Gasteiger partial charge in [0.15, 0.2) is 0 Å². The summed E-state index contributed by atoms with van der Waals surface area (Å²) in [4.78, 5) is 32.6. The molecule has 1 saturated heterocycles. The van der Waals surface area contributed by atoms with Gasteiger partial charge in [-0.1, -0.05) is 35.9 Å². The Morgan fingerprint density at radius 2 is 1.91 bits per heavy atom. The van der Waals surface area contributed by atoms with Gasteiger partial charge in [0.25, 0.3) is 5.56 Å². The number of rotatable bonds is 7. The molecule has 2 aromatic heterocycles. The number of hydrogen-bond donors (Lipinski definition) is 1. The van der Waals surface area contributed by atoms with E-state index in [-0.39, 0.29) is 28.8 Å². The predicted octanol–water partition coefficient (Wildman–Crippen LogP) is 4.32. The minimum atomic E-state index is -0.560. The van der Waals surface area contributed by atoms with Gasteiger partial charge in [0.05, 0.1) is 36.4 Å². The first-order valence-corrected chi connectivity index (χ1v) is 12.3. The Hall–Kier alpha value is -3.16. The highest BCUT2D eigenvalue weighted by Crippen LogP contribution is 2.38. The number of pyridine rings is 2. The van der Waals surface area contributed by atoms with Crippen molar-refractivity contribution in [2.24, 2.45) is 5.92 Å². The lowest BCUT2D eigenvalue weighted by molar-refractivity contribution is -0.149. The molecule has 1 N–H and O–H groups in total. The molecular formula is C27H30ClN3O4. The normalized spacial score (nSPS) is 15.6. The zero-order valence-electron chi connectivity index (χ0n) is 20.0. The second kappa shape index (κ2) is 11.1. The number of hydrogen-bond acceptors (Lipinski definition) is 6. The van der Waals surface area contributed by atoms with Gasteiger partial charge in [0.1, 0.15) is 5.75 Å². The van der Waals surface area contributed by atoms with Crippen molar-refractivity contribution in [1.29, 1.82) is 0 Å². The number of carbonyl (C=O) groups is 1. The van der Waals surface area contributed by atoms with Gasteiger partial charge in [-0.15, -0.1) is 0 Å². The van der Waals surface area contributed by atoms with Crippen LogP contribution in [0.4, 0.5) is 0 Å². The molecule has 1 atom stereocenters. The van der Waals surface area contributed by atoms with Crippen molar-refractivity contribution in [1.82, 2.24) is 14.5 Å². The minimum absolute atomic E-state index is 0.0674. The zero-order valence-corrected chi connectivity index (χ0v) is 20.7. The molecule has 0 bridgehead atoms. The van der Waals surface area contributed by atoms with Crippen LogP contribution in [0.3, 0.4) is 0 Å². The summed E-state index contributed by atoms with van der Waals surface area (Å²) in [6.07, 6.45) is 2.90. The number of likely N-dealkylation sites (tertiary alicyclic amines) is 1. The first-order chi connectivity index (χ1) is 16.9. The zero-order chi connectivity index (χ0) is 24.9. The number of aromatic nitrogens is 2. The summed E-state index contributed by atoms with van der Waals surface area (Å²) in [6, 6.07) is 14.0. The summed E-state index contributed by atoms with van der Waals surface area (Å²) in [6.45, 7) is 5.37. The van der Waals surface area contributed by atoms with Gasteiger partial charge >= 0.3 is 5.97 Å². The van der Waals surface area contributed by atoms with Crippen LogP contribution in [0.15, 0.2) is 59.5 Å². The van der Waals surface area contributed by atoms with Crippen LogP contribution in [0.1, 0.15) is 48.3 Å². The topological polar surface area (TPSA) is 84.7 Å². The van der Waals surface area contributed by atoms with E-state index in [0.717, 1.165) is 11.3 Å². The number of benzene rings is 1. The van der Waals surface area contributed by atoms with Gasteiger partial charge in [-0.2, -0.15) is 0 Å². The first kappa shape index (κ1) is 24.9. The molecule has 0 spiro atoms. The van der Waals surface area contributed by atoms with Crippen LogP contribution in [0.5, 0.6) is 5.75 Å². The Bertz CT molecular complexity index is 1240. The van der Waals surface area contributed by atoms with Crippen LogP contribution in [-0.4, -0.2) is 45.2 Å². The van der Waals surface area contributed by atoms with E-state index in [2.05, 4.69) is 9.88 Å². The predicted molar refractivity (Wildman–Crippen MR) is 135 cm³/mol. The lowest BCUT2D eigenvalue weighted by Gasteiger charge is -2.37. The maximum absolute atomic E-state index is 13.9. The molecule has 35 heavy (non-hydrogen) atoms. The molecule has 1 aliphatic heterocycles. The highest BCUT2D eigenvalue weighted by atomic mass is 35.5. The van der Waals surface area contributed by atoms with Crippen LogP contribution < -0.4 is 5.56 Å². The SMILES string of the molecule is CCOC(=O)C1CCN(C(c2ccccc2Cl)c2c(O)cc(C)n(Cc3ccccn3)c2=O)CC1. The third-order valence-electron chi connectivity index (χ3n) is 6.56. The average molecular weight is 496 g/mol. The molecule has 4 rings (SSSR count). The van der Waals surface area contributed by atoms with Crippen molar-refractivity contribution in [3.05, 3.63) is 92.6 Å². The lowest BCUT2D eigenvalue weighted by atomic mass is 9.91. The fourth-order valence-corrected chi connectivity index (χ4v) is 5.00. The smallest absolute Gasteiger partial charge is 0.309 e. The summed E-state index contributed by atoms with van der Waals surface area (Å²) in [7, 11) is 0. The number of aryl methyl sites for hydroxylation is 1. The summed E-state index contributed by atoms with van der Waals surface area (Å²) >= 11 is 6.61. The van der Waals surface area contributed by atoms with Crippen LogP contribution >= 0.6 is 11.6 Å². The molecule has 0 aliphatic carbocycles. The van der Waals surface area contributed by atoms with Crippen molar-refractivity contribution in [2.45, 2.75) is 39.3 Å². The Balaban J connectivity index is 1.76. The summed E-state index contributed by atoms with van der Waals surface area (Å²) in [5, 5.41) is 11.6. The van der Waals surface area contributed by atoms with Crippen LogP contribution in [0.25, 0.3) is 0 Å². The Morgan fingerprint density at radius 3 is 2.57 bits per heavy atom. The van der Waals surface area contributed by atoms with Gasteiger partial charge in [-0.3, -0.25) is 19.5 Å². The quantitative estimate of drug-likeness (QED) is 0.491. The number of ether oxygens (including phenoxy) is 1. The largest absolute Gasteiger partial charge is 0.507 e. The van der Waals surface area contributed by atoms with Crippen molar-refractivity contribution < 1.29 is 14.6 Å². The number of halogens is 1. The van der Waals surface area contributed by atoms with E-state index in [9.17, 15) is 14.7 Å². The van der Waals surface area contributed by atoms with E-state index in [4.69, 9.17) is 16.3 Å². The van der Waals surface area contributed by atoms with E-state index < -0.39 is 6.04 Å². The van der Waals surface area contributed by atoms with E-state index in [0.29, 0.717) is 49.8 Å². The molecule has 3 heterocycles. The fourth-order valence-electron chi connectivity index (χ4n) is 4.76. The molecule has 8 heteroatoms. The maximum Gasteiger partial charge on any atom is 0.309 e. The molecule has 0 radical (unpaired) electrons. The first-order valence-electron chi connectivity index (χ1n) is 11.9. The number of aromatic hydroxyl groups is 1. The maximum atomic E-state index is 13.9. The summed E-state index contributed by atoms with van der Waals surface area (Å²) in [5.74, 6) is -0.426. The Morgan fingerprint density at radius 1 is 1.20 bits per heavy atom. The monoisotopic (exact) mass is 495 g/mol. The standard InChI is InChI=1S/C27H30ClN3O4/c1-3-35-27(34)19-11-14-30(15-12-19)25(21-9-4-5-10-22(21)28)24-23(32)16-18(2)31(26(24)33)17-20-8-6-7-13-29-20/h4-10,13,16,19,25,32H,3,11-12,14-15,17H2,1-2H3. The van der Waals surface area contributed by atoms with E-state index in [1.165, 1.54) is 0 Å². The Kier molecular flexibility index (Phi) is 7.88. The van der Waals surface area contributed by atoms with Crippen molar-refractivity contribution in [3.63, 3.8) is 0 Å². The lowest BCUT2D eigenvalue weighted by Crippen LogP contribution is -2.42. The molecule has 1 fully saturated rings. The minimum Gasteiger partial charge on any atom is -0.507 e. The number of carbonyl (C=O) groups excluding carboxylic acids is 1. The van der Waals surface area contributed by atoms with Gasteiger partial charge in [-0.05, 0) is 69.6 Å². The third-order valence-corrected chi connectivity index (χ3v) is 6.90. The van der Waals surface area contributed by atoms with E-state index in [1.807, 2.05) is 36.4 Å². The second-order valence-corrected chi connectivity index (χ2v) is 9.19. The molecule has 1 aliphatic rings. The van der Waals surface area contributed by atoms with E-state index in [1.54, 1.807) is 36.7 Å². The number of esters is 1. The third kappa shape index (κ3) is 5.41. The molecule has 0 amide bonds. The van der Waals surface area contributed by atoms with Crippen molar-refractivity contribution >= 4 is 17.6 Å². The molecular weight excluding hydrogens is 466 g/mol. The van der Waals surface area contributed by atoms with Gasteiger partial charge < -0.3 is 14.4 Å². The molecule has 1 aromatic carbocycles. The van der Waals surface area contributed by atoms with Gasteiger partial charge in [-0.25, -0.2) is 0 Å². The summed E-state index contributed by atoms with van der Waals surface area (Å²) < 4.78 is 6.84. The number of nitrogens with zero attached hydrogens (tertiary/aromatic N) is 3. The highest BCUT2D eigenvalue weighted by Gasteiger charge is 2.35. The van der Waals surface area contributed by atoms with Crippen molar-refractivity contribution in [2.75, 3.05) is 19.7 Å². The molecule has 3 aromatic rings. The van der Waals surface area contributed by atoms with Gasteiger partial charge in [0.2, 0.25) is 0 Å². The van der Waals surface area contributed by atoms with Gasteiger partial charge in [0, 0.05) is 16.9 Å². The van der Waals surface area contributed by atoms with Crippen LogP contribution in [-0.2, 0) is 16.1 Å². The van der Waals surface area contributed by atoms with Crippen LogP contribution in [0.2, 0.25) is 5.02 Å². The molecule has 7 nitrogen and oxygen atoms in total. The average Bonchev–Trinajstić information content (AvgIpc) is 2.86. The van der Waals surface area contributed by atoms with Crippen LogP contribution in [0, 0.1) is 12.8 Å². The van der Waals surface area contributed by atoms with Crippen molar-refractivity contribution in [3.8, 4) is 5.75 Å². The molecule has 0 saturated carbocycles. The Labute approximate surface area is 209 Å². The fraction of sp³-hybridized carbons (Fsp3) is 0.370. The molecule has 184 valence electrons. The van der Waals surface area contributed by atoms with E-state index >= 15 is 0 Å². The highest BCUT2D eigenvalue weighted by molar-refractivity contribution is 6.31. The second-order valence-electron chi connectivity index (χ2n) is 8.78. The summed E-state index contributed by atoms with van der Waals surface area (Å²) in [5.41, 5.74) is 2.11. The number of piperidine rings is 1.